The lowest BCUT2D eigenvalue weighted by Gasteiger charge is -2.40. The van der Waals surface area contributed by atoms with E-state index >= 15 is 0 Å². The number of aryl methyl sites for hydroxylation is 1. The Kier molecular flexibility index (Phi) is 8.25. The number of aliphatic carboxylic acids is 1. The maximum atomic E-state index is 12.5. The summed E-state index contributed by atoms with van der Waals surface area (Å²) < 4.78 is 10.5. The lowest BCUT2D eigenvalue weighted by Crippen LogP contribution is -2.58. The first-order chi connectivity index (χ1) is 17.4. The largest absolute Gasteiger partial charge is 0.504 e. The van der Waals surface area contributed by atoms with Gasteiger partial charge in [0.1, 0.15) is 6.10 Å². The van der Waals surface area contributed by atoms with Crippen LogP contribution in [0.2, 0.25) is 0 Å². The van der Waals surface area contributed by atoms with E-state index in [1.165, 1.54) is 42.5 Å². The summed E-state index contributed by atoms with van der Waals surface area (Å²) in [6, 6.07) is 7.75. The molecule has 0 spiro atoms. The first-order valence-corrected chi connectivity index (χ1v) is 11.1. The van der Waals surface area contributed by atoms with Crippen LogP contribution in [0, 0.1) is 0 Å². The number of rotatable bonds is 8. The second-order valence-corrected chi connectivity index (χ2v) is 8.65. The number of hydrogen-bond donors (Lipinski definition) is 7. The maximum absolute atomic E-state index is 12.5. The predicted octanol–water partition coefficient (Wildman–Crippen LogP) is 0.949. The Bertz CT molecular complexity index is 1210. The van der Waals surface area contributed by atoms with Gasteiger partial charge in [0.2, 0.25) is 0 Å². The summed E-state index contributed by atoms with van der Waals surface area (Å²) in [5, 5.41) is 68.1. The molecule has 1 aliphatic carbocycles. The second-order valence-electron chi connectivity index (χ2n) is 8.65. The number of phenols is 4. The number of carboxylic acid groups (broad SMARTS) is 1. The van der Waals surface area contributed by atoms with Crippen molar-refractivity contribution in [3.8, 4) is 23.0 Å². The molecule has 7 N–H and O–H groups in total. The van der Waals surface area contributed by atoms with Gasteiger partial charge in [0.15, 0.2) is 34.7 Å². The van der Waals surface area contributed by atoms with Crippen molar-refractivity contribution in [2.75, 3.05) is 0 Å². The fraction of sp³-hybridized carbons (Fsp3) is 0.320. The molecule has 2 aromatic rings. The molecule has 0 radical (unpaired) electrons. The lowest BCUT2D eigenvalue weighted by molar-refractivity contribution is -0.206. The number of carbonyl (C=O) groups excluding carboxylic acids is 2. The number of carbonyl (C=O) groups is 3. The van der Waals surface area contributed by atoms with E-state index in [1.54, 1.807) is 0 Å². The van der Waals surface area contributed by atoms with E-state index in [-0.39, 0.29) is 30.1 Å². The molecule has 1 fully saturated rings. The molecule has 0 amide bonds. The highest BCUT2D eigenvalue weighted by Gasteiger charge is 2.52. The van der Waals surface area contributed by atoms with Crippen LogP contribution in [0.15, 0.2) is 42.5 Å². The van der Waals surface area contributed by atoms with Crippen LogP contribution in [-0.4, -0.2) is 77.6 Å². The third-order valence-corrected chi connectivity index (χ3v) is 5.83. The van der Waals surface area contributed by atoms with Gasteiger partial charge in [-0.05, 0) is 47.9 Å². The monoisotopic (exact) mass is 518 g/mol. The van der Waals surface area contributed by atoms with Crippen LogP contribution in [0.1, 0.15) is 30.4 Å². The standard InChI is InChI=1S/C25H26O12/c26-15-5-1-13(9-17(15)28)3-7-21(31)36-20-12-25(35,24(33)34)11-19(30)23(20)37-22(32)8-4-14-2-6-16(27)18(29)10-14/h1-3,5-7,9-10,19-20,23,26-30,35H,4,8,11-12H2,(H,33,34)/b7-3+/t19-,20-,23+,25-/m1/s1. The van der Waals surface area contributed by atoms with Crippen LogP contribution in [0.4, 0.5) is 0 Å². The van der Waals surface area contributed by atoms with Crippen LogP contribution in [0.3, 0.4) is 0 Å². The minimum absolute atomic E-state index is 0.0984. The molecule has 2 aromatic carbocycles. The Balaban J connectivity index is 1.70. The van der Waals surface area contributed by atoms with Gasteiger partial charge in [-0.25, -0.2) is 9.59 Å². The van der Waals surface area contributed by atoms with Crippen molar-refractivity contribution in [1.82, 2.24) is 0 Å². The molecule has 0 saturated heterocycles. The fourth-order valence-corrected chi connectivity index (χ4v) is 3.86. The minimum Gasteiger partial charge on any atom is -0.504 e. The number of benzene rings is 2. The molecule has 12 nitrogen and oxygen atoms in total. The normalized spacial score (nSPS) is 23.5. The highest BCUT2D eigenvalue weighted by atomic mass is 16.6. The Labute approximate surface area is 210 Å². The van der Waals surface area contributed by atoms with Gasteiger partial charge < -0.3 is 45.2 Å². The molecule has 1 aliphatic rings. The van der Waals surface area contributed by atoms with Gasteiger partial charge in [-0.3, -0.25) is 4.79 Å². The average Bonchev–Trinajstić information content (AvgIpc) is 2.82. The van der Waals surface area contributed by atoms with Crippen molar-refractivity contribution in [3.63, 3.8) is 0 Å². The van der Waals surface area contributed by atoms with Crippen molar-refractivity contribution < 1.29 is 59.6 Å². The van der Waals surface area contributed by atoms with Gasteiger partial charge >= 0.3 is 17.9 Å². The molecule has 0 bridgehead atoms. The molecule has 12 heteroatoms. The van der Waals surface area contributed by atoms with Crippen molar-refractivity contribution >= 4 is 24.0 Å². The minimum atomic E-state index is -2.44. The van der Waals surface area contributed by atoms with Gasteiger partial charge in [0, 0.05) is 25.3 Å². The van der Waals surface area contributed by atoms with E-state index in [4.69, 9.17) is 9.47 Å². The van der Waals surface area contributed by atoms with Gasteiger partial charge in [-0.15, -0.1) is 0 Å². The summed E-state index contributed by atoms with van der Waals surface area (Å²) in [4.78, 5) is 36.4. The zero-order valence-electron chi connectivity index (χ0n) is 19.4. The lowest BCUT2D eigenvalue weighted by atomic mass is 9.79. The number of ether oxygens (including phenoxy) is 2. The summed E-state index contributed by atoms with van der Waals surface area (Å²) in [7, 11) is 0. The number of hydrogen-bond acceptors (Lipinski definition) is 11. The van der Waals surface area contributed by atoms with Crippen molar-refractivity contribution in [3.05, 3.63) is 53.6 Å². The predicted molar refractivity (Wildman–Crippen MR) is 124 cm³/mol. The molecule has 0 aromatic heterocycles. The number of esters is 2. The van der Waals surface area contributed by atoms with Crippen molar-refractivity contribution in [2.24, 2.45) is 0 Å². The topological polar surface area (TPSA) is 211 Å². The molecule has 0 unspecified atom stereocenters. The van der Waals surface area contributed by atoms with Gasteiger partial charge in [-0.1, -0.05) is 12.1 Å². The molecule has 4 atom stereocenters. The molecule has 0 heterocycles. The van der Waals surface area contributed by atoms with E-state index in [2.05, 4.69) is 0 Å². The first kappa shape index (κ1) is 27.3. The fourth-order valence-electron chi connectivity index (χ4n) is 3.86. The average molecular weight is 518 g/mol. The molecule has 0 aliphatic heterocycles. The highest BCUT2D eigenvalue weighted by molar-refractivity contribution is 5.87. The summed E-state index contributed by atoms with van der Waals surface area (Å²) in [6.07, 6.45) is -3.96. The van der Waals surface area contributed by atoms with Gasteiger partial charge in [0.25, 0.3) is 0 Å². The zero-order valence-corrected chi connectivity index (χ0v) is 19.4. The Morgan fingerprint density at radius 2 is 1.57 bits per heavy atom. The number of aliphatic hydroxyl groups excluding tert-OH is 1. The molecular formula is C25H26O12. The van der Waals surface area contributed by atoms with E-state index in [9.17, 15) is 50.1 Å². The highest BCUT2D eigenvalue weighted by Crippen LogP contribution is 2.34. The zero-order chi connectivity index (χ0) is 27.3. The van der Waals surface area contributed by atoms with Crippen LogP contribution < -0.4 is 0 Å². The molecule has 198 valence electrons. The van der Waals surface area contributed by atoms with Gasteiger partial charge in [-0.2, -0.15) is 0 Å². The van der Waals surface area contributed by atoms with Crippen molar-refractivity contribution in [2.45, 2.75) is 49.6 Å². The van der Waals surface area contributed by atoms with Crippen LogP contribution in [-0.2, 0) is 30.3 Å². The molecular weight excluding hydrogens is 492 g/mol. The molecule has 37 heavy (non-hydrogen) atoms. The third-order valence-electron chi connectivity index (χ3n) is 5.83. The van der Waals surface area contributed by atoms with Crippen molar-refractivity contribution in [1.29, 1.82) is 0 Å². The molecule has 1 saturated carbocycles. The smallest absolute Gasteiger partial charge is 0.335 e. The van der Waals surface area contributed by atoms with E-state index < -0.39 is 60.4 Å². The number of carboxylic acids is 1. The van der Waals surface area contributed by atoms with E-state index in [1.807, 2.05) is 0 Å². The first-order valence-electron chi connectivity index (χ1n) is 11.1. The quantitative estimate of drug-likeness (QED) is 0.148. The number of phenolic OH excluding ortho intramolecular Hbond substituents is 4. The SMILES string of the molecule is O=C(/C=C/c1ccc(O)c(O)c1)O[C@@H]1C[C@@](O)(C(=O)O)C[C@@H](O)[C@@H]1OC(=O)CCc1ccc(O)c(O)c1. The third kappa shape index (κ3) is 6.90. The van der Waals surface area contributed by atoms with E-state index in [0.717, 1.165) is 6.08 Å². The van der Waals surface area contributed by atoms with E-state index in [0.29, 0.717) is 11.1 Å². The van der Waals surface area contributed by atoms with Crippen LogP contribution >= 0.6 is 0 Å². The second kappa shape index (κ2) is 11.2. The Hall–Kier alpha value is -4.29. The van der Waals surface area contributed by atoms with Crippen LogP contribution in [0.5, 0.6) is 23.0 Å². The maximum Gasteiger partial charge on any atom is 0.335 e. The van der Waals surface area contributed by atoms with Crippen LogP contribution in [0.25, 0.3) is 6.08 Å². The summed E-state index contributed by atoms with van der Waals surface area (Å²) >= 11 is 0. The number of aromatic hydroxyl groups is 4. The summed E-state index contributed by atoms with van der Waals surface area (Å²) in [5.41, 5.74) is -1.62. The molecule has 3 rings (SSSR count). The number of aliphatic hydroxyl groups is 2. The Morgan fingerprint density at radius 3 is 2.19 bits per heavy atom. The summed E-state index contributed by atoms with van der Waals surface area (Å²) in [5.74, 6) is -4.98. The van der Waals surface area contributed by atoms with Gasteiger partial charge in [0.05, 0.1) is 6.10 Å². The Morgan fingerprint density at radius 1 is 0.919 bits per heavy atom. The summed E-state index contributed by atoms with van der Waals surface area (Å²) in [6.45, 7) is 0.